The van der Waals surface area contributed by atoms with E-state index in [4.69, 9.17) is 61.3 Å². The standard InChI is InChI=1S/12CH4O.88ClH/c12*1-2;;;;;;;;;;;;;;;;;;;;;;;;;;;;;;;;;;;;;;;;;;;;;;;;;;;;;;;;;;;;;;;;;;;;;;;;;;;;;;;;;;;;;;;;/h12*2H,1H3;88*1H. The Hall–Kier alpha value is 25.0. The van der Waals surface area contributed by atoms with Crippen LogP contribution in [0.4, 0.5) is 0 Å². The van der Waals surface area contributed by atoms with E-state index in [1.165, 1.54) is 0 Å². The molecule has 0 saturated heterocycles. The third-order valence-corrected chi connectivity index (χ3v) is 0. The van der Waals surface area contributed by atoms with Crippen molar-refractivity contribution in [2.75, 3.05) is 85.3 Å². The van der Waals surface area contributed by atoms with E-state index in [1.54, 1.807) is 0 Å². The molecular weight excluding hydrogens is 3460 g/mol. The minimum atomic E-state index is 0. The normalized spacial score (nSPS) is 0.643. The smallest absolute Gasteiger partial charge is 0.0319 e. The van der Waals surface area contributed by atoms with E-state index < -0.39 is 0 Å². The van der Waals surface area contributed by atoms with Crippen LogP contribution in [0.1, 0.15) is 0 Å². The van der Waals surface area contributed by atoms with Crippen molar-refractivity contribution in [2.45, 2.75) is 0 Å². The maximum Gasteiger partial charge on any atom is 0.0319 e. The van der Waals surface area contributed by atoms with Crippen LogP contribution in [0, 0.1) is 0 Å². The Morgan fingerprint density at radius 2 is 0.0357 bits per heavy atom. The van der Waals surface area contributed by atoms with Gasteiger partial charge in [0.15, 0.2) is 0 Å². The molecule has 872 valence electrons. The van der Waals surface area contributed by atoms with E-state index >= 15 is 0 Å². The summed E-state index contributed by atoms with van der Waals surface area (Å²) in [6.07, 6.45) is 0. The fourth-order valence-electron chi connectivity index (χ4n) is 0. The Morgan fingerprint density at radius 3 is 0.0357 bits per heavy atom. The molecule has 100 heteroatoms. The minimum absolute atomic E-state index is 0. The topological polar surface area (TPSA) is 243 Å². The van der Waals surface area contributed by atoms with Crippen LogP contribution in [0.25, 0.3) is 0 Å². The molecule has 0 unspecified atom stereocenters. The second-order valence-electron chi connectivity index (χ2n) is 0. The molecule has 0 saturated carbocycles. The van der Waals surface area contributed by atoms with Crippen LogP contribution in [0.15, 0.2) is 0 Å². The molecule has 12 nitrogen and oxygen atoms in total. The fraction of sp³-hybridized carbons (Fsp3) is 1.00. The Balaban J connectivity index is -0.000000000134. The van der Waals surface area contributed by atoms with Crippen LogP contribution in [0.2, 0.25) is 0 Å². The van der Waals surface area contributed by atoms with E-state index in [9.17, 15) is 0 Å². The van der Waals surface area contributed by atoms with Crippen molar-refractivity contribution in [1.29, 1.82) is 0 Å². The minimum Gasteiger partial charge on any atom is -0.400 e. The Kier molecular flexibility index (Phi) is 65300. The molecule has 0 bridgehead atoms. The van der Waals surface area contributed by atoms with Crippen molar-refractivity contribution in [1.82, 2.24) is 0 Å². The van der Waals surface area contributed by atoms with Gasteiger partial charge in [-0.15, -0.1) is 1090 Å². The summed E-state index contributed by atoms with van der Waals surface area (Å²) in [6, 6.07) is 0. The van der Waals surface area contributed by atoms with E-state index in [-0.39, 0.29) is 1090 Å². The molecule has 0 atom stereocenters. The number of hydrogen-bond acceptors (Lipinski definition) is 12. The highest BCUT2D eigenvalue weighted by Gasteiger charge is 0.863. The zero-order chi connectivity index (χ0) is 24.0. The van der Waals surface area contributed by atoms with Crippen molar-refractivity contribution in [3.8, 4) is 0 Å². The van der Waals surface area contributed by atoms with Gasteiger partial charge in [-0.1, -0.05) is 0 Å². The first-order valence-electron chi connectivity index (χ1n) is 5.37. The molecule has 0 amide bonds. The number of hydrogen-bond donors (Lipinski definition) is 12. The van der Waals surface area contributed by atoms with Crippen molar-refractivity contribution in [2.24, 2.45) is 0 Å². The molecule has 0 heterocycles. The molecule has 112 heavy (non-hydrogen) atoms. The largest absolute Gasteiger partial charge is 0.400 e. The first-order valence-corrected chi connectivity index (χ1v) is 5.37. The van der Waals surface area contributed by atoms with Gasteiger partial charge in [0, 0.05) is 85.3 Å². The maximum absolute atomic E-state index is 7.00. The molecule has 0 spiro atoms. The summed E-state index contributed by atoms with van der Waals surface area (Å²) in [5, 5.41) is 84.0. The SMILES string of the molecule is CO.CO.CO.CO.CO.CO.CO.CO.CO.CO.CO.CO.Cl.Cl.Cl.Cl.Cl.Cl.Cl.Cl.Cl.Cl.Cl.Cl.Cl.Cl.Cl.Cl.Cl.Cl.Cl.Cl.Cl.Cl.Cl.Cl.Cl.Cl.Cl.Cl.Cl.Cl.Cl.Cl.Cl.Cl.Cl.Cl.Cl.Cl.Cl.Cl.Cl.Cl.Cl.Cl.Cl.Cl.Cl.Cl.Cl.Cl.Cl.Cl.Cl.Cl.Cl.Cl.Cl.Cl.Cl.Cl.Cl.Cl.Cl.Cl.Cl.Cl.Cl.Cl.Cl.Cl.Cl.Cl.Cl.Cl.Cl.Cl.Cl.Cl.Cl.Cl.Cl.Cl.Cl.Cl.Cl.Cl.Cl.Cl. The van der Waals surface area contributed by atoms with Crippen LogP contribution in [0.5, 0.6) is 0 Å². The van der Waals surface area contributed by atoms with Crippen LogP contribution >= 0.6 is 1090 Å². The van der Waals surface area contributed by atoms with E-state index in [0.717, 1.165) is 85.3 Å². The van der Waals surface area contributed by atoms with Gasteiger partial charge >= 0.3 is 0 Å². The monoisotopic (exact) mass is 3550 g/mol. The second kappa shape index (κ2) is 3960. The summed E-state index contributed by atoms with van der Waals surface area (Å²) in [4.78, 5) is 0. The van der Waals surface area contributed by atoms with Crippen LogP contribution in [-0.2, 0) is 0 Å². The summed E-state index contributed by atoms with van der Waals surface area (Å²) in [6.45, 7) is 0. The molecule has 0 aromatic rings. The Morgan fingerprint density at radius 1 is 0.0357 bits per heavy atom. The summed E-state index contributed by atoms with van der Waals surface area (Å²) in [5.41, 5.74) is 0. The molecule has 0 aromatic heterocycles. The maximum atomic E-state index is 7.00. The molecule has 12 N–H and O–H groups in total. The first-order chi connectivity index (χ1) is 12.0. The molecule has 0 aliphatic carbocycles. The zero-order valence-corrected chi connectivity index (χ0v) is 125. The lowest BCUT2D eigenvalue weighted by Crippen LogP contribution is -1.25. The third kappa shape index (κ3) is 3870. The zero-order valence-electron chi connectivity index (χ0n) is 53.3. The first kappa shape index (κ1) is 1850. The second-order valence-corrected chi connectivity index (χ2v) is 0. The van der Waals surface area contributed by atoms with Gasteiger partial charge in [0.25, 0.3) is 0 Å². The van der Waals surface area contributed by atoms with Crippen LogP contribution in [0.3, 0.4) is 0 Å². The van der Waals surface area contributed by atoms with Gasteiger partial charge < -0.3 is 61.3 Å². The van der Waals surface area contributed by atoms with E-state index in [1.807, 2.05) is 0 Å². The lowest BCUT2D eigenvalue weighted by molar-refractivity contribution is 0.399. The lowest BCUT2D eigenvalue weighted by atomic mass is 11.8. The summed E-state index contributed by atoms with van der Waals surface area (Å²) < 4.78 is 0. The number of halogens is 88. The van der Waals surface area contributed by atoms with Gasteiger partial charge in [-0.2, -0.15) is 0 Å². The quantitative estimate of drug-likeness (QED) is 0.108. The van der Waals surface area contributed by atoms with Gasteiger partial charge in [-0.25, -0.2) is 0 Å². The van der Waals surface area contributed by atoms with Gasteiger partial charge in [-0.05, 0) is 0 Å². The number of aliphatic hydroxyl groups is 12. The molecule has 0 fully saturated rings. The van der Waals surface area contributed by atoms with Crippen molar-refractivity contribution < 1.29 is 61.3 Å². The average molecular weight is 3590 g/mol. The van der Waals surface area contributed by atoms with Crippen LogP contribution in [-0.4, -0.2) is 147 Å². The highest BCUT2D eigenvalue weighted by atomic mass is 35.5. The highest BCUT2D eigenvalue weighted by Crippen LogP contribution is 0.822. The van der Waals surface area contributed by atoms with Crippen LogP contribution < -0.4 is 0 Å². The Bertz CT molecular complexity index is 108. The fourth-order valence-corrected chi connectivity index (χ4v) is 0. The lowest BCUT2D eigenvalue weighted by Gasteiger charge is -1.21. The molecular formula is C12H136Cl88O12. The van der Waals surface area contributed by atoms with Gasteiger partial charge in [0.05, 0.1) is 0 Å². The van der Waals surface area contributed by atoms with E-state index in [0.29, 0.717) is 0 Å². The molecule has 0 aliphatic heterocycles. The summed E-state index contributed by atoms with van der Waals surface area (Å²) in [5.74, 6) is 0. The highest BCUT2D eigenvalue weighted by molar-refractivity contribution is 5.94. The van der Waals surface area contributed by atoms with Gasteiger partial charge in [0.1, 0.15) is 0 Å². The molecule has 0 radical (unpaired) electrons. The predicted octanol–water partition coefficient (Wildman–Crippen LogP) is 32.4. The van der Waals surface area contributed by atoms with Gasteiger partial charge in [-0.3, -0.25) is 0 Å². The van der Waals surface area contributed by atoms with E-state index in [2.05, 4.69) is 0 Å². The molecule has 0 aliphatic rings. The number of aliphatic hydroxyl groups excluding tert-OH is 12. The van der Waals surface area contributed by atoms with Gasteiger partial charge in [0.2, 0.25) is 0 Å². The molecule has 0 aromatic carbocycles. The number of rotatable bonds is 0. The third-order valence-electron chi connectivity index (χ3n) is 0. The summed E-state index contributed by atoms with van der Waals surface area (Å²) >= 11 is 0. The van der Waals surface area contributed by atoms with Crippen molar-refractivity contribution in [3.05, 3.63) is 0 Å². The average Bonchev–Trinajstić information content (AvgIpc) is 2.84. The van der Waals surface area contributed by atoms with Crippen molar-refractivity contribution in [3.63, 3.8) is 0 Å². The Labute approximate surface area is 1220 Å². The molecule has 0 rings (SSSR count). The predicted molar refractivity (Wildman–Crippen MR) is 736 cm³/mol. The summed E-state index contributed by atoms with van der Waals surface area (Å²) in [7, 11) is 12.0. The van der Waals surface area contributed by atoms with Crippen molar-refractivity contribution >= 4 is 1090 Å².